The second kappa shape index (κ2) is 5.96. The molecule has 4 heteroatoms. The summed E-state index contributed by atoms with van der Waals surface area (Å²) in [6.45, 7) is 7.09. The highest BCUT2D eigenvalue weighted by Crippen LogP contribution is 2.10. The number of nitrogens with one attached hydrogen (secondary N) is 1. The predicted molar refractivity (Wildman–Crippen MR) is 71.6 cm³/mol. The summed E-state index contributed by atoms with van der Waals surface area (Å²) in [6, 6.07) is 4.09. The Morgan fingerprint density at radius 3 is 2.78 bits per heavy atom. The highest BCUT2D eigenvalue weighted by Gasteiger charge is 2.18. The normalized spacial score (nSPS) is 17.7. The van der Waals surface area contributed by atoms with Gasteiger partial charge in [0, 0.05) is 24.5 Å². The smallest absolute Gasteiger partial charge is 0.252 e. The number of aryl methyl sites for hydroxylation is 1. The summed E-state index contributed by atoms with van der Waals surface area (Å²) in [5.74, 6) is -0.0338. The summed E-state index contributed by atoms with van der Waals surface area (Å²) in [4.78, 5) is 18.5. The number of amides is 1. The maximum absolute atomic E-state index is 11.9. The van der Waals surface area contributed by atoms with Crippen LogP contribution in [0.3, 0.4) is 0 Å². The number of nitrogens with zero attached hydrogens (tertiary/aromatic N) is 2. The van der Waals surface area contributed by atoms with E-state index in [2.05, 4.69) is 22.1 Å². The molecule has 0 spiro atoms. The molecular weight excluding hydrogens is 226 g/mol. The van der Waals surface area contributed by atoms with Crippen molar-refractivity contribution in [3.05, 3.63) is 29.6 Å². The second-order valence-electron chi connectivity index (χ2n) is 4.99. The van der Waals surface area contributed by atoms with Gasteiger partial charge in [0.15, 0.2) is 0 Å². The largest absolute Gasteiger partial charge is 0.350 e. The number of likely N-dealkylation sites (tertiary alicyclic amines) is 1. The molecule has 0 aromatic carbocycles. The van der Waals surface area contributed by atoms with Crippen LogP contribution in [0.2, 0.25) is 0 Å². The van der Waals surface area contributed by atoms with Crippen molar-refractivity contribution in [1.82, 2.24) is 15.2 Å². The van der Waals surface area contributed by atoms with Gasteiger partial charge >= 0.3 is 0 Å². The highest BCUT2D eigenvalue weighted by atomic mass is 16.1. The third-order valence-electron chi connectivity index (χ3n) is 3.50. The van der Waals surface area contributed by atoms with Gasteiger partial charge in [0.25, 0.3) is 5.91 Å². The molecule has 1 saturated heterocycles. The van der Waals surface area contributed by atoms with Crippen LogP contribution in [-0.2, 0) is 0 Å². The molecule has 0 bridgehead atoms. The van der Waals surface area contributed by atoms with Crippen LogP contribution in [0.1, 0.15) is 35.8 Å². The minimum absolute atomic E-state index is 0.0338. The van der Waals surface area contributed by atoms with E-state index >= 15 is 0 Å². The van der Waals surface area contributed by atoms with Gasteiger partial charge in [-0.3, -0.25) is 14.7 Å². The van der Waals surface area contributed by atoms with Gasteiger partial charge < -0.3 is 5.32 Å². The van der Waals surface area contributed by atoms with Crippen LogP contribution in [0.5, 0.6) is 0 Å². The van der Waals surface area contributed by atoms with Gasteiger partial charge in [-0.1, -0.05) is 0 Å². The average Bonchev–Trinajstić information content (AvgIpc) is 2.90. The SMILES string of the molecule is Cc1ccc(C(=O)NC[C@H](C)N2CCCC2)cn1. The molecule has 4 nitrogen and oxygen atoms in total. The van der Waals surface area contributed by atoms with Crippen LogP contribution in [0, 0.1) is 6.92 Å². The lowest BCUT2D eigenvalue weighted by molar-refractivity contribution is 0.0940. The second-order valence-corrected chi connectivity index (χ2v) is 4.99. The molecule has 1 aromatic heterocycles. The lowest BCUT2D eigenvalue weighted by Crippen LogP contribution is -2.40. The molecule has 0 aliphatic carbocycles. The van der Waals surface area contributed by atoms with E-state index in [-0.39, 0.29) is 5.91 Å². The third-order valence-corrected chi connectivity index (χ3v) is 3.50. The van der Waals surface area contributed by atoms with E-state index in [1.165, 1.54) is 12.8 Å². The molecule has 98 valence electrons. The summed E-state index contributed by atoms with van der Waals surface area (Å²) < 4.78 is 0. The number of carbonyl (C=O) groups excluding carboxylic acids is 1. The monoisotopic (exact) mass is 247 g/mol. The summed E-state index contributed by atoms with van der Waals surface area (Å²) in [6.07, 6.45) is 4.19. The fourth-order valence-electron chi connectivity index (χ4n) is 2.26. The van der Waals surface area contributed by atoms with Gasteiger partial charge in [0.05, 0.1) is 5.56 Å². The molecule has 0 saturated carbocycles. The molecule has 1 N–H and O–H groups in total. The zero-order chi connectivity index (χ0) is 13.0. The van der Waals surface area contributed by atoms with E-state index in [4.69, 9.17) is 0 Å². The summed E-state index contributed by atoms with van der Waals surface area (Å²) in [5.41, 5.74) is 1.56. The Labute approximate surface area is 108 Å². The van der Waals surface area contributed by atoms with E-state index in [9.17, 15) is 4.79 Å². The lowest BCUT2D eigenvalue weighted by atomic mass is 10.2. The number of pyridine rings is 1. The van der Waals surface area contributed by atoms with Crippen molar-refractivity contribution in [3.63, 3.8) is 0 Å². The van der Waals surface area contributed by atoms with E-state index in [1.54, 1.807) is 6.20 Å². The molecule has 1 amide bonds. The Kier molecular flexibility index (Phi) is 4.31. The van der Waals surface area contributed by atoms with Crippen molar-refractivity contribution in [2.45, 2.75) is 32.7 Å². The fourth-order valence-corrected chi connectivity index (χ4v) is 2.26. The van der Waals surface area contributed by atoms with E-state index < -0.39 is 0 Å². The Bertz CT molecular complexity index is 396. The van der Waals surface area contributed by atoms with E-state index in [0.717, 1.165) is 18.8 Å². The predicted octanol–water partition coefficient (Wildman–Crippen LogP) is 1.60. The number of aromatic nitrogens is 1. The molecule has 1 fully saturated rings. The first-order valence-electron chi connectivity index (χ1n) is 6.62. The van der Waals surface area contributed by atoms with Gasteiger partial charge in [0.1, 0.15) is 0 Å². The standard InChI is InChI=1S/C14H21N3O/c1-11-5-6-13(10-15-11)14(18)16-9-12(2)17-7-3-4-8-17/h5-6,10,12H,3-4,7-9H2,1-2H3,(H,16,18)/t12-/m0/s1. The van der Waals surface area contributed by atoms with Crippen LogP contribution in [0.15, 0.2) is 18.3 Å². The molecule has 2 rings (SSSR count). The van der Waals surface area contributed by atoms with Crippen molar-refractivity contribution < 1.29 is 4.79 Å². The van der Waals surface area contributed by atoms with Crippen molar-refractivity contribution in [3.8, 4) is 0 Å². The third kappa shape index (κ3) is 3.29. The number of rotatable bonds is 4. The molecule has 1 aliphatic heterocycles. The van der Waals surface area contributed by atoms with Gasteiger partial charge in [-0.2, -0.15) is 0 Å². The van der Waals surface area contributed by atoms with Gasteiger partial charge in [-0.05, 0) is 51.9 Å². The Morgan fingerprint density at radius 1 is 1.44 bits per heavy atom. The molecule has 18 heavy (non-hydrogen) atoms. The van der Waals surface area contributed by atoms with Crippen molar-refractivity contribution in [2.75, 3.05) is 19.6 Å². The van der Waals surface area contributed by atoms with E-state index in [1.807, 2.05) is 19.1 Å². The first-order chi connectivity index (χ1) is 8.66. The summed E-state index contributed by atoms with van der Waals surface area (Å²) >= 11 is 0. The molecule has 0 radical (unpaired) electrons. The maximum Gasteiger partial charge on any atom is 0.252 e. The Hall–Kier alpha value is -1.42. The zero-order valence-corrected chi connectivity index (χ0v) is 11.1. The lowest BCUT2D eigenvalue weighted by Gasteiger charge is -2.23. The van der Waals surface area contributed by atoms with Crippen LogP contribution in [0.4, 0.5) is 0 Å². The fraction of sp³-hybridized carbons (Fsp3) is 0.571. The van der Waals surface area contributed by atoms with Crippen molar-refractivity contribution >= 4 is 5.91 Å². The Balaban J connectivity index is 1.82. The summed E-state index contributed by atoms with van der Waals surface area (Å²) in [5, 5.41) is 2.97. The van der Waals surface area contributed by atoms with Gasteiger partial charge in [0.2, 0.25) is 0 Å². The molecule has 0 unspecified atom stereocenters. The number of hydrogen-bond donors (Lipinski definition) is 1. The minimum Gasteiger partial charge on any atom is -0.350 e. The summed E-state index contributed by atoms with van der Waals surface area (Å²) in [7, 11) is 0. The molecular formula is C14H21N3O. The van der Waals surface area contributed by atoms with Gasteiger partial charge in [-0.15, -0.1) is 0 Å². The molecule has 1 aliphatic rings. The number of hydrogen-bond acceptors (Lipinski definition) is 3. The van der Waals surface area contributed by atoms with E-state index in [0.29, 0.717) is 18.2 Å². The Morgan fingerprint density at radius 2 is 2.17 bits per heavy atom. The van der Waals surface area contributed by atoms with Crippen LogP contribution >= 0.6 is 0 Å². The van der Waals surface area contributed by atoms with Crippen molar-refractivity contribution in [1.29, 1.82) is 0 Å². The first-order valence-corrected chi connectivity index (χ1v) is 6.62. The molecule has 2 heterocycles. The van der Waals surface area contributed by atoms with Crippen LogP contribution in [-0.4, -0.2) is 41.5 Å². The first kappa shape index (κ1) is 13.0. The molecule has 1 atom stereocenters. The molecule has 1 aromatic rings. The quantitative estimate of drug-likeness (QED) is 0.879. The topological polar surface area (TPSA) is 45.2 Å². The van der Waals surface area contributed by atoms with Crippen LogP contribution < -0.4 is 5.32 Å². The minimum atomic E-state index is -0.0338. The average molecular weight is 247 g/mol. The maximum atomic E-state index is 11.9. The zero-order valence-electron chi connectivity index (χ0n) is 11.1. The highest BCUT2D eigenvalue weighted by molar-refractivity contribution is 5.93. The van der Waals surface area contributed by atoms with Gasteiger partial charge in [-0.25, -0.2) is 0 Å². The number of carbonyl (C=O) groups is 1. The van der Waals surface area contributed by atoms with Crippen LogP contribution in [0.25, 0.3) is 0 Å². The van der Waals surface area contributed by atoms with Crippen molar-refractivity contribution in [2.24, 2.45) is 0 Å².